The Balaban J connectivity index is 1.86. The van der Waals surface area contributed by atoms with Gasteiger partial charge in [0.1, 0.15) is 12.4 Å². The highest BCUT2D eigenvalue weighted by Crippen LogP contribution is 2.26. The monoisotopic (exact) mass is 439 g/mol. The van der Waals surface area contributed by atoms with Crippen LogP contribution in [0.1, 0.15) is 16.7 Å². The largest absolute Gasteiger partial charge is 0.271 e. The van der Waals surface area contributed by atoms with Crippen LogP contribution in [0.4, 0.5) is 10.1 Å². The average Bonchev–Trinajstić information content (AvgIpc) is 2.73. The molecule has 0 aromatic heterocycles. The number of hydrogen-bond donors (Lipinski definition) is 1. The second-order valence-corrected chi connectivity index (χ2v) is 8.85. The van der Waals surface area contributed by atoms with Gasteiger partial charge in [-0.15, -0.1) is 0 Å². The fraction of sp³-hybridized carbons (Fsp3) is 0.130. The van der Waals surface area contributed by atoms with E-state index in [1.165, 1.54) is 36.5 Å². The van der Waals surface area contributed by atoms with Gasteiger partial charge in [0.15, 0.2) is 0 Å². The van der Waals surface area contributed by atoms with Crippen molar-refractivity contribution in [2.75, 3.05) is 10.8 Å². The van der Waals surface area contributed by atoms with Crippen LogP contribution in [0.2, 0.25) is 0 Å². The van der Waals surface area contributed by atoms with Gasteiger partial charge in [0.05, 0.1) is 16.8 Å². The number of benzene rings is 3. The third-order valence-electron chi connectivity index (χ3n) is 4.46. The van der Waals surface area contributed by atoms with Gasteiger partial charge in [-0.3, -0.25) is 9.10 Å². The molecule has 31 heavy (non-hydrogen) atoms. The van der Waals surface area contributed by atoms with Crippen molar-refractivity contribution < 1.29 is 17.6 Å². The minimum Gasteiger partial charge on any atom is -0.271 e. The van der Waals surface area contributed by atoms with Crippen LogP contribution in [0.25, 0.3) is 0 Å². The van der Waals surface area contributed by atoms with Crippen LogP contribution in [0, 0.1) is 19.7 Å². The van der Waals surface area contributed by atoms with Gasteiger partial charge in [0.25, 0.3) is 15.9 Å². The molecule has 0 unspecified atom stereocenters. The van der Waals surface area contributed by atoms with Gasteiger partial charge in [0, 0.05) is 0 Å². The zero-order valence-corrected chi connectivity index (χ0v) is 17.9. The predicted molar refractivity (Wildman–Crippen MR) is 119 cm³/mol. The summed E-state index contributed by atoms with van der Waals surface area (Å²) in [7, 11) is -4.19. The van der Waals surface area contributed by atoms with Crippen LogP contribution < -0.4 is 9.73 Å². The summed E-state index contributed by atoms with van der Waals surface area (Å²) < 4.78 is 41.6. The molecule has 3 aromatic rings. The van der Waals surface area contributed by atoms with E-state index in [0.29, 0.717) is 0 Å². The van der Waals surface area contributed by atoms with E-state index < -0.39 is 28.3 Å². The molecule has 3 rings (SSSR count). The third-order valence-corrected chi connectivity index (χ3v) is 6.24. The molecule has 8 heteroatoms. The highest BCUT2D eigenvalue weighted by atomic mass is 32.2. The standard InChI is InChI=1S/C23H22FN3O3S/c1-17-10-12-20(13-11-17)31(29,30)27(22-9-4-3-8-21(22)24)16-23(28)26-25-15-19-7-5-6-18(2)14-19/h3-15H,16H2,1-2H3,(H,26,28)/b25-15+. The Labute approximate surface area is 181 Å². The number of para-hydroxylation sites is 1. The van der Waals surface area contributed by atoms with E-state index in [9.17, 15) is 17.6 Å². The van der Waals surface area contributed by atoms with Crippen LogP contribution in [0.15, 0.2) is 82.8 Å². The van der Waals surface area contributed by atoms with E-state index >= 15 is 0 Å². The van der Waals surface area contributed by atoms with Crippen molar-refractivity contribution in [2.45, 2.75) is 18.7 Å². The number of anilines is 1. The first-order chi connectivity index (χ1) is 14.8. The molecule has 1 N–H and O–H groups in total. The number of carbonyl (C=O) groups is 1. The first kappa shape index (κ1) is 22.2. The summed E-state index contributed by atoms with van der Waals surface area (Å²) in [5.74, 6) is -1.46. The van der Waals surface area contributed by atoms with Crippen molar-refractivity contribution >= 4 is 27.8 Å². The number of hydrazone groups is 1. The second-order valence-electron chi connectivity index (χ2n) is 6.98. The molecule has 6 nitrogen and oxygen atoms in total. The minimum absolute atomic E-state index is 0.0441. The molecule has 0 spiro atoms. The van der Waals surface area contributed by atoms with Gasteiger partial charge in [-0.1, -0.05) is 59.7 Å². The summed E-state index contributed by atoms with van der Waals surface area (Å²) in [5, 5.41) is 3.88. The fourth-order valence-electron chi connectivity index (χ4n) is 2.89. The molecule has 0 aliphatic heterocycles. The van der Waals surface area contributed by atoms with Crippen molar-refractivity contribution in [3.8, 4) is 0 Å². The summed E-state index contributed by atoms with van der Waals surface area (Å²) in [6.45, 7) is 3.12. The van der Waals surface area contributed by atoms with Gasteiger partial charge in [-0.2, -0.15) is 5.10 Å². The molecule has 3 aromatic carbocycles. The van der Waals surface area contributed by atoms with Crippen molar-refractivity contribution in [3.63, 3.8) is 0 Å². The Morgan fingerprint density at radius 2 is 1.71 bits per heavy atom. The highest BCUT2D eigenvalue weighted by Gasteiger charge is 2.29. The number of nitrogens with zero attached hydrogens (tertiary/aromatic N) is 2. The zero-order valence-electron chi connectivity index (χ0n) is 17.1. The smallest absolute Gasteiger partial charge is 0.264 e. The Hall–Kier alpha value is -3.52. The molecule has 0 aliphatic rings. The first-order valence-corrected chi connectivity index (χ1v) is 10.9. The van der Waals surface area contributed by atoms with E-state index in [-0.39, 0.29) is 10.6 Å². The molecule has 160 valence electrons. The van der Waals surface area contributed by atoms with Crippen LogP contribution in [0.5, 0.6) is 0 Å². The van der Waals surface area contributed by atoms with Gasteiger partial charge in [-0.05, 0) is 43.7 Å². The van der Waals surface area contributed by atoms with Crippen LogP contribution >= 0.6 is 0 Å². The number of sulfonamides is 1. The fourth-order valence-corrected chi connectivity index (χ4v) is 4.31. The van der Waals surface area contributed by atoms with Crippen molar-refractivity contribution in [2.24, 2.45) is 5.10 Å². The zero-order chi connectivity index (χ0) is 22.4. The molecular formula is C23H22FN3O3S. The number of nitrogens with one attached hydrogen (secondary N) is 1. The molecule has 0 aliphatic carbocycles. The number of halogens is 1. The van der Waals surface area contributed by atoms with Crippen LogP contribution in [-0.4, -0.2) is 27.1 Å². The SMILES string of the molecule is Cc1ccc(S(=O)(=O)N(CC(=O)N/N=C/c2cccc(C)c2)c2ccccc2F)cc1. The van der Waals surface area contributed by atoms with Crippen LogP contribution in [0.3, 0.4) is 0 Å². The Morgan fingerprint density at radius 1 is 1.00 bits per heavy atom. The summed E-state index contributed by atoms with van der Waals surface area (Å²) >= 11 is 0. The maximum Gasteiger partial charge on any atom is 0.264 e. The minimum atomic E-state index is -4.19. The highest BCUT2D eigenvalue weighted by molar-refractivity contribution is 7.92. The van der Waals surface area contributed by atoms with Gasteiger partial charge < -0.3 is 0 Å². The number of aryl methyl sites for hydroxylation is 2. The predicted octanol–water partition coefficient (Wildman–Crippen LogP) is 3.79. The second kappa shape index (κ2) is 9.53. The topological polar surface area (TPSA) is 78.8 Å². The molecule has 0 saturated heterocycles. The average molecular weight is 440 g/mol. The first-order valence-electron chi connectivity index (χ1n) is 9.50. The quantitative estimate of drug-likeness (QED) is 0.449. The van der Waals surface area contributed by atoms with E-state index in [4.69, 9.17) is 0 Å². The molecule has 0 atom stereocenters. The lowest BCUT2D eigenvalue weighted by Gasteiger charge is -2.24. The van der Waals surface area contributed by atoms with Crippen LogP contribution in [-0.2, 0) is 14.8 Å². The molecule has 0 fully saturated rings. The maximum absolute atomic E-state index is 14.4. The normalized spacial score (nSPS) is 11.5. The van der Waals surface area contributed by atoms with Gasteiger partial charge in [-0.25, -0.2) is 18.2 Å². The summed E-state index contributed by atoms with van der Waals surface area (Å²) in [6, 6.07) is 19.0. The Morgan fingerprint density at radius 3 is 2.39 bits per heavy atom. The lowest BCUT2D eigenvalue weighted by molar-refractivity contribution is -0.119. The lowest BCUT2D eigenvalue weighted by atomic mass is 10.2. The molecule has 0 heterocycles. The Kier molecular flexibility index (Phi) is 6.81. The van der Waals surface area contributed by atoms with Crippen molar-refractivity contribution in [1.29, 1.82) is 0 Å². The summed E-state index contributed by atoms with van der Waals surface area (Å²) in [5.41, 5.74) is 4.77. The Bertz CT molecular complexity index is 1210. The van der Waals surface area contributed by atoms with Crippen molar-refractivity contribution in [1.82, 2.24) is 5.43 Å². The number of rotatable bonds is 7. The number of carbonyl (C=O) groups excluding carboxylic acids is 1. The maximum atomic E-state index is 14.4. The molecule has 1 amide bonds. The lowest BCUT2D eigenvalue weighted by Crippen LogP contribution is -2.40. The van der Waals surface area contributed by atoms with Crippen molar-refractivity contribution in [3.05, 3.63) is 95.3 Å². The summed E-state index contributed by atoms with van der Waals surface area (Å²) in [4.78, 5) is 12.4. The molecule has 0 bridgehead atoms. The van der Waals surface area contributed by atoms with Gasteiger partial charge >= 0.3 is 0 Å². The number of hydrogen-bond acceptors (Lipinski definition) is 4. The molecular weight excluding hydrogens is 417 g/mol. The van der Waals surface area contributed by atoms with E-state index in [1.807, 2.05) is 38.1 Å². The van der Waals surface area contributed by atoms with E-state index in [1.54, 1.807) is 12.1 Å². The third kappa shape index (κ3) is 5.55. The van der Waals surface area contributed by atoms with E-state index in [0.717, 1.165) is 27.1 Å². The molecule has 0 saturated carbocycles. The number of amides is 1. The van der Waals surface area contributed by atoms with Gasteiger partial charge in [0.2, 0.25) is 0 Å². The molecule has 0 radical (unpaired) electrons. The van der Waals surface area contributed by atoms with E-state index in [2.05, 4.69) is 10.5 Å². The summed E-state index contributed by atoms with van der Waals surface area (Å²) in [6.07, 6.45) is 1.45.